The molecule has 0 spiro atoms. The maximum absolute atomic E-state index is 13.0. The van der Waals surface area contributed by atoms with Gasteiger partial charge in [-0.15, -0.1) is 0 Å². The van der Waals surface area contributed by atoms with E-state index in [0.717, 1.165) is 186 Å². The minimum absolute atomic E-state index is 0.0726. The molecule has 0 saturated carbocycles. The first-order valence-electron chi connectivity index (χ1n) is 39.4. The quantitative estimate of drug-likeness (QED) is 0.0146. The minimum atomic E-state index is -4.95. The lowest BCUT2D eigenvalue weighted by Gasteiger charge is -2.21. The van der Waals surface area contributed by atoms with Crippen LogP contribution in [0.4, 0.5) is 0 Å². The summed E-state index contributed by atoms with van der Waals surface area (Å²) in [6.07, 6.45) is 96.6. The highest BCUT2D eigenvalue weighted by Gasteiger charge is 2.29. The van der Waals surface area contributed by atoms with Gasteiger partial charge in [0.05, 0.1) is 26.4 Å². The molecule has 0 aliphatic heterocycles. The summed E-state index contributed by atoms with van der Waals surface area (Å²) in [4.78, 5) is 58.7. The lowest BCUT2D eigenvalue weighted by Crippen LogP contribution is -2.30. The van der Waals surface area contributed by atoms with Gasteiger partial charge in [0.2, 0.25) is 0 Å². The molecule has 0 aromatic heterocycles. The second kappa shape index (κ2) is 76.6. The first kappa shape index (κ1) is 97.9. The van der Waals surface area contributed by atoms with Crippen LogP contribution < -0.4 is 0 Å². The first-order valence-corrected chi connectivity index (χ1v) is 42.4. The van der Waals surface area contributed by atoms with Crippen LogP contribution in [0.15, 0.2) is 170 Å². The van der Waals surface area contributed by atoms with Crippen molar-refractivity contribution in [1.29, 1.82) is 0 Å². The number of hydrogen-bond donors (Lipinski definition) is 4. The SMILES string of the molecule is CC/C=C\C/C=C\C/C=C\C/C=C\C/C=C\C/C=C\CCCCCCCCC(=O)OCC(O)COP(=O)(O)OCC(O)COP(=O)(O)OCC(COC(=O)CCCCCCC/C=C\C/C=C\C/C=C\C/C=C\CCCCC)OC(=O)CCCCCCC/C=C\C/C=C\C/C=C\C/C=C\CCCCC. The summed E-state index contributed by atoms with van der Waals surface area (Å²) in [7, 11) is -9.82. The third-order valence-corrected chi connectivity index (χ3v) is 17.8. The van der Waals surface area contributed by atoms with Crippen LogP contribution in [0.1, 0.15) is 290 Å². The molecular weight excluding hydrogens is 1340 g/mol. The van der Waals surface area contributed by atoms with Gasteiger partial charge in [-0.25, -0.2) is 9.13 Å². The number of ether oxygens (including phenoxy) is 3. The van der Waals surface area contributed by atoms with Crippen LogP contribution in [-0.2, 0) is 55.8 Å². The third-order valence-electron chi connectivity index (χ3n) is 15.9. The van der Waals surface area contributed by atoms with Gasteiger partial charge in [0, 0.05) is 19.3 Å². The van der Waals surface area contributed by atoms with Crippen LogP contribution in [0.25, 0.3) is 0 Å². The fraction of sp³-hybridized carbons (Fsp3) is 0.635. The third kappa shape index (κ3) is 77.8. The molecule has 586 valence electrons. The molecule has 0 aliphatic rings. The largest absolute Gasteiger partial charge is 0.472 e. The fourth-order valence-electron chi connectivity index (χ4n) is 9.89. The lowest BCUT2D eigenvalue weighted by atomic mass is 10.1. The normalized spacial score (nSPS) is 14.9. The van der Waals surface area contributed by atoms with Gasteiger partial charge in [-0.1, -0.05) is 281 Å². The highest BCUT2D eigenvalue weighted by Crippen LogP contribution is 2.45. The Morgan fingerprint density at radius 3 is 0.816 bits per heavy atom. The smallest absolute Gasteiger partial charge is 0.463 e. The van der Waals surface area contributed by atoms with Crippen molar-refractivity contribution in [1.82, 2.24) is 0 Å². The first-order chi connectivity index (χ1) is 50.2. The molecule has 0 saturated heterocycles. The van der Waals surface area contributed by atoms with E-state index in [-0.39, 0.29) is 19.3 Å². The topological polar surface area (TPSA) is 231 Å². The molecule has 0 fully saturated rings. The van der Waals surface area contributed by atoms with Crippen LogP contribution in [-0.4, -0.2) is 95.9 Å². The Hall–Kier alpha value is -5.09. The molecule has 0 rings (SSSR count). The predicted molar refractivity (Wildman–Crippen MR) is 426 cm³/mol. The van der Waals surface area contributed by atoms with E-state index in [2.05, 4.69) is 191 Å². The monoisotopic (exact) mass is 1480 g/mol. The zero-order valence-electron chi connectivity index (χ0n) is 63.9. The molecule has 4 N–H and O–H groups in total. The molecule has 5 atom stereocenters. The molecule has 0 aromatic rings. The van der Waals surface area contributed by atoms with Gasteiger partial charge in [-0.3, -0.25) is 32.5 Å². The van der Waals surface area contributed by atoms with Gasteiger partial charge in [-0.2, -0.15) is 0 Å². The molecule has 0 aliphatic carbocycles. The molecule has 0 aromatic carbocycles. The number of phosphoric ester groups is 2. The number of carbonyl (C=O) groups is 3. The van der Waals surface area contributed by atoms with Crippen molar-refractivity contribution in [2.45, 2.75) is 309 Å². The number of allylic oxidation sites excluding steroid dienone is 28. The van der Waals surface area contributed by atoms with E-state index in [1.807, 2.05) is 0 Å². The summed E-state index contributed by atoms with van der Waals surface area (Å²) < 4.78 is 61.2. The van der Waals surface area contributed by atoms with Gasteiger partial charge in [0.1, 0.15) is 25.4 Å². The van der Waals surface area contributed by atoms with E-state index >= 15 is 0 Å². The van der Waals surface area contributed by atoms with Crippen molar-refractivity contribution >= 4 is 33.6 Å². The van der Waals surface area contributed by atoms with E-state index in [9.17, 15) is 43.5 Å². The summed E-state index contributed by atoms with van der Waals surface area (Å²) in [5.74, 6) is -1.64. The van der Waals surface area contributed by atoms with E-state index < -0.39 is 91.5 Å². The van der Waals surface area contributed by atoms with Gasteiger partial charge in [-0.05, 0) is 161 Å². The number of unbranched alkanes of at least 4 members (excludes halogenated alkanes) is 22. The van der Waals surface area contributed by atoms with Crippen LogP contribution in [0, 0.1) is 0 Å². The average molecular weight is 1480 g/mol. The summed E-state index contributed by atoms with van der Waals surface area (Å²) in [6, 6.07) is 0. The second-order valence-corrected chi connectivity index (χ2v) is 28.7. The van der Waals surface area contributed by atoms with Crippen molar-refractivity contribution in [2.24, 2.45) is 0 Å². The number of rotatable bonds is 73. The number of hydrogen-bond acceptors (Lipinski definition) is 14. The number of esters is 3. The molecular formula is C85H140O16P2. The van der Waals surface area contributed by atoms with Gasteiger partial charge < -0.3 is 34.2 Å². The Bertz CT molecular complexity index is 2550. The van der Waals surface area contributed by atoms with Gasteiger partial charge >= 0.3 is 33.6 Å². The standard InChI is InChI=1S/C85H140O16P2/c1-4-7-10-13-16-19-22-25-28-31-34-37-38-39-40-43-45-47-50-53-56-59-62-65-68-71-83(88)95-74-80(86)75-97-102(91,92)98-76-81(87)77-99-103(93,94)100-79-82(101-85(90)73-70-67-64-61-58-55-52-49-46-42-36-33-30-27-24-21-18-15-12-9-6-3)78-96-84(89)72-69-66-63-60-57-54-51-48-44-41-35-32-29-26-23-20-17-14-11-8-5-2/h7,10,16-21,25-30,34-37,39-42,45,47-49,51-52,80-82,86-87H,4-6,8-9,11-15,22-24,31-33,38,43-44,46,50,53-79H2,1-3H3,(H,91,92)(H,93,94)/b10-7-,19-16-,20-17-,21-18-,28-25-,29-26-,30-27-,37-34-,40-39-,41-35-,42-36-,47-45-,51-48-,52-49-. The number of carbonyl (C=O) groups excluding carboxylic acids is 3. The van der Waals surface area contributed by atoms with Crippen LogP contribution in [0.3, 0.4) is 0 Å². The number of aliphatic hydroxyl groups excluding tert-OH is 2. The Labute approximate surface area is 624 Å². The molecule has 0 amide bonds. The molecule has 0 bridgehead atoms. The fourth-order valence-corrected chi connectivity index (χ4v) is 11.5. The summed E-state index contributed by atoms with van der Waals surface area (Å²) in [5.41, 5.74) is 0. The van der Waals surface area contributed by atoms with Crippen molar-refractivity contribution in [3.63, 3.8) is 0 Å². The van der Waals surface area contributed by atoms with E-state index in [4.69, 9.17) is 32.3 Å². The predicted octanol–water partition coefficient (Wildman–Crippen LogP) is 23.2. The Balaban J connectivity index is 4.75. The second-order valence-electron chi connectivity index (χ2n) is 25.8. The maximum Gasteiger partial charge on any atom is 0.472 e. The highest BCUT2D eigenvalue weighted by molar-refractivity contribution is 7.47. The Kier molecular flexibility index (Phi) is 72.8. The molecule has 16 nitrogen and oxygen atoms in total. The Morgan fingerprint density at radius 2 is 0.515 bits per heavy atom. The molecule has 0 heterocycles. The van der Waals surface area contributed by atoms with Crippen molar-refractivity contribution in [2.75, 3.05) is 39.6 Å². The molecule has 18 heteroatoms. The van der Waals surface area contributed by atoms with E-state index in [1.165, 1.54) is 44.9 Å². The zero-order chi connectivity index (χ0) is 75.2. The van der Waals surface area contributed by atoms with Gasteiger partial charge in [0.15, 0.2) is 6.10 Å². The number of aliphatic hydroxyl groups is 2. The maximum atomic E-state index is 13.0. The van der Waals surface area contributed by atoms with Crippen molar-refractivity contribution in [3.8, 4) is 0 Å². The average Bonchev–Trinajstić information content (AvgIpc) is 0.921. The summed E-state index contributed by atoms with van der Waals surface area (Å²) in [6.45, 7) is 2.44. The van der Waals surface area contributed by atoms with Crippen molar-refractivity contribution < 1.29 is 75.8 Å². The Morgan fingerprint density at radius 1 is 0.282 bits per heavy atom. The number of phosphoric acid groups is 2. The van der Waals surface area contributed by atoms with Crippen LogP contribution in [0.2, 0.25) is 0 Å². The molecule has 5 unspecified atom stereocenters. The lowest BCUT2D eigenvalue weighted by molar-refractivity contribution is -0.161. The van der Waals surface area contributed by atoms with Crippen molar-refractivity contribution in [3.05, 3.63) is 170 Å². The molecule has 103 heavy (non-hydrogen) atoms. The van der Waals surface area contributed by atoms with Gasteiger partial charge in [0.25, 0.3) is 0 Å². The molecule has 0 radical (unpaired) electrons. The highest BCUT2D eigenvalue weighted by atomic mass is 31.2. The van der Waals surface area contributed by atoms with Crippen LogP contribution in [0.5, 0.6) is 0 Å². The van der Waals surface area contributed by atoms with Crippen LogP contribution >= 0.6 is 15.6 Å². The minimum Gasteiger partial charge on any atom is -0.463 e. The summed E-state index contributed by atoms with van der Waals surface area (Å²) in [5, 5.41) is 20.6. The summed E-state index contributed by atoms with van der Waals surface area (Å²) >= 11 is 0. The van der Waals surface area contributed by atoms with E-state index in [0.29, 0.717) is 19.3 Å². The van der Waals surface area contributed by atoms with E-state index in [1.54, 1.807) is 0 Å². The zero-order valence-corrected chi connectivity index (χ0v) is 65.7.